The molecule has 0 aliphatic heterocycles. The maximum absolute atomic E-state index is 12.4. The van der Waals surface area contributed by atoms with E-state index in [1.807, 2.05) is 24.3 Å². The molecule has 0 fully saturated rings. The molecule has 112 valence electrons. The molecule has 2 aromatic heterocycles. The Morgan fingerprint density at radius 2 is 2.05 bits per heavy atom. The van der Waals surface area contributed by atoms with Crippen LogP contribution in [0.15, 0.2) is 28.8 Å². The van der Waals surface area contributed by atoms with Gasteiger partial charge in [0.2, 0.25) is 5.95 Å². The Hall–Kier alpha value is -2.63. The molecule has 22 heavy (non-hydrogen) atoms. The molecular formula is C16H16N4O2. The van der Waals surface area contributed by atoms with Crippen LogP contribution in [0.1, 0.15) is 41.1 Å². The van der Waals surface area contributed by atoms with E-state index in [1.165, 1.54) is 0 Å². The number of imidazole rings is 1. The number of hydrogen-bond donors (Lipinski definition) is 2. The number of H-pyrrole nitrogens is 1. The number of fused-ring (bicyclic) bond motifs is 2. The van der Waals surface area contributed by atoms with Crippen LogP contribution in [0.3, 0.4) is 0 Å². The quantitative estimate of drug-likeness (QED) is 0.712. The summed E-state index contributed by atoms with van der Waals surface area (Å²) >= 11 is 0. The molecule has 6 heteroatoms. The number of para-hydroxylation sites is 2. The van der Waals surface area contributed by atoms with E-state index in [0.717, 1.165) is 54.5 Å². The van der Waals surface area contributed by atoms with E-state index in [-0.39, 0.29) is 5.91 Å². The fourth-order valence-corrected chi connectivity index (χ4v) is 2.92. The number of nitrogens with zero attached hydrogens (tertiary/aromatic N) is 2. The summed E-state index contributed by atoms with van der Waals surface area (Å²) in [5.74, 6) is 1.01. The molecule has 0 saturated carbocycles. The molecule has 3 aromatic rings. The highest BCUT2D eigenvalue weighted by Crippen LogP contribution is 2.24. The van der Waals surface area contributed by atoms with Gasteiger partial charge in [-0.3, -0.25) is 10.1 Å². The number of carbonyl (C=O) groups excluding carboxylic acids is 1. The van der Waals surface area contributed by atoms with Crippen LogP contribution in [0, 0.1) is 0 Å². The van der Waals surface area contributed by atoms with Crippen LogP contribution in [0.2, 0.25) is 0 Å². The van der Waals surface area contributed by atoms with Gasteiger partial charge >= 0.3 is 0 Å². The van der Waals surface area contributed by atoms with E-state index >= 15 is 0 Å². The van der Waals surface area contributed by atoms with Crippen LogP contribution in [0.5, 0.6) is 0 Å². The molecule has 0 unspecified atom stereocenters. The van der Waals surface area contributed by atoms with E-state index in [0.29, 0.717) is 11.6 Å². The van der Waals surface area contributed by atoms with Crippen molar-refractivity contribution in [1.82, 2.24) is 15.1 Å². The molecular weight excluding hydrogens is 280 g/mol. The first-order valence-corrected chi connectivity index (χ1v) is 7.55. The number of hydrogen-bond acceptors (Lipinski definition) is 4. The first-order chi connectivity index (χ1) is 10.8. The van der Waals surface area contributed by atoms with Crippen molar-refractivity contribution in [3.05, 3.63) is 41.3 Å². The monoisotopic (exact) mass is 296 g/mol. The standard InChI is InChI=1S/C16H16N4O2/c21-15(14-10-6-2-1-3-9-13(10)22-20-14)19-16-17-11-7-4-5-8-12(11)18-16/h4-5,7-8H,1-3,6,9H2,(H2,17,18,19,21). The Balaban J connectivity index is 1.61. The number of nitrogens with one attached hydrogen (secondary N) is 2. The molecule has 1 aliphatic rings. The van der Waals surface area contributed by atoms with Crippen LogP contribution < -0.4 is 5.32 Å². The second kappa shape index (κ2) is 5.29. The minimum absolute atomic E-state index is 0.272. The number of carbonyl (C=O) groups is 1. The molecule has 0 saturated heterocycles. The van der Waals surface area contributed by atoms with E-state index < -0.39 is 0 Å². The maximum Gasteiger partial charge on any atom is 0.280 e. The average molecular weight is 296 g/mol. The Morgan fingerprint density at radius 3 is 2.95 bits per heavy atom. The average Bonchev–Trinajstić information content (AvgIpc) is 3.04. The van der Waals surface area contributed by atoms with Crippen LogP contribution >= 0.6 is 0 Å². The second-order valence-electron chi connectivity index (χ2n) is 5.55. The molecule has 2 N–H and O–H groups in total. The lowest BCUT2D eigenvalue weighted by molar-refractivity contribution is 0.101. The predicted molar refractivity (Wildman–Crippen MR) is 81.8 cm³/mol. The van der Waals surface area contributed by atoms with Crippen LogP contribution in [0.25, 0.3) is 11.0 Å². The summed E-state index contributed by atoms with van der Waals surface area (Å²) < 4.78 is 5.34. The summed E-state index contributed by atoms with van der Waals surface area (Å²) in [5, 5.41) is 6.74. The molecule has 2 heterocycles. The SMILES string of the molecule is O=C(Nc1nc2ccccc2[nH]1)c1noc2c1CCCCC2. The number of aromatic nitrogens is 3. The highest BCUT2D eigenvalue weighted by molar-refractivity contribution is 6.03. The van der Waals surface area contributed by atoms with Crippen molar-refractivity contribution in [1.29, 1.82) is 0 Å². The van der Waals surface area contributed by atoms with Crippen molar-refractivity contribution in [3.8, 4) is 0 Å². The zero-order chi connectivity index (χ0) is 14.9. The fraction of sp³-hybridized carbons (Fsp3) is 0.312. The number of amides is 1. The highest BCUT2D eigenvalue weighted by atomic mass is 16.5. The molecule has 4 rings (SSSR count). The third-order valence-corrected chi connectivity index (χ3v) is 4.04. The predicted octanol–water partition coefficient (Wildman–Crippen LogP) is 3.07. The first-order valence-electron chi connectivity index (χ1n) is 7.55. The van der Waals surface area contributed by atoms with Gasteiger partial charge in [-0.2, -0.15) is 0 Å². The highest BCUT2D eigenvalue weighted by Gasteiger charge is 2.23. The first kappa shape index (κ1) is 13.1. The molecule has 6 nitrogen and oxygen atoms in total. The van der Waals surface area contributed by atoms with Gasteiger partial charge in [-0.25, -0.2) is 4.98 Å². The second-order valence-corrected chi connectivity index (χ2v) is 5.55. The van der Waals surface area contributed by atoms with Crippen molar-refractivity contribution in [2.75, 3.05) is 5.32 Å². The van der Waals surface area contributed by atoms with E-state index in [4.69, 9.17) is 4.52 Å². The molecule has 0 bridgehead atoms. The summed E-state index contributed by atoms with van der Waals surface area (Å²) in [6.07, 6.45) is 5.03. The zero-order valence-electron chi connectivity index (χ0n) is 12.1. The molecule has 0 atom stereocenters. The number of anilines is 1. The van der Waals surface area contributed by atoms with Crippen molar-refractivity contribution in [2.45, 2.75) is 32.1 Å². The van der Waals surface area contributed by atoms with Gasteiger partial charge in [-0.15, -0.1) is 0 Å². The van der Waals surface area contributed by atoms with Crippen molar-refractivity contribution < 1.29 is 9.32 Å². The lowest BCUT2D eigenvalue weighted by Gasteiger charge is -2.01. The normalized spacial score (nSPS) is 14.5. The molecule has 0 spiro atoms. The van der Waals surface area contributed by atoms with Gasteiger partial charge in [0.25, 0.3) is 5.91 Å². The summed E-state index contributed by atoms with van der Waals surface area (Å²) in [6, 6.07) is 7.64. The van der Waals surface area contributed by atoms with Crippen molar-refractivity contribution in [2.24, 2.45) is 0 Å². The smallest absolute Gasteiger partial charge is 0.280 e. The van der Waals surface area contributed by atoms with E-state index in [9.17, 15) is 4.79 Å². The molecule has 0 radical (unpaired) electrons. The van der Waals surface area contributed by atoms with Gasteiger partial charge in [0.1, 0.15) is 5.76 Å². The Bertz CT molecular complexity index is 801. The molecule has 1 amide bonds. The molecule has 1 aliphatic carbocycles. The molecule has 1 aromatic carbocycles. The zero-order valence-corrected chi connectivity index (χ0v) is 12.1. The largest absolute Gasteiger partial charge is 0.360 e. The van der Waals surface area contributed by atoms with Crippen molar-refractivity contribution in [3.63, 3.8) is 0 Å². The van der Waals surface area contributed by atoms with Crippen LogP contribution in [0.4, 0.5) is 5.95 Å². The maximum atomic E-state index is 12.4. The third-order valence-electron chi connectivity index (χ3n) is 4.04. The van der Waals surface area contributed by atoms with E-state index in [1.54, 1.807) is 0 Å². The van der Waals surface area contributed by atoms with Gasteiger partial charge in [-0.1, -0.05) is 23.7 Å². The summed E-state index contributed by atoms with van der Waals surface area (Å²) in [5.41, 5.74) is 3.04. The van der Waals surface area contributed by atoms with Crippen LogP contribution in [-0.4, -0.2) is 21.0 Å². The van der Waals surface area contributed by atoms with Crippen molar-refractivity contribution >= 4 is 22.9 Å². The Labute approximate surface area is 126 Å². The number of benzene rings is 1. The van der Waals surface area contributed by atoms with Gasteiger partial charge in [0, 0.05) is 12.0 Å². The van der Waals surface area contributed by atoms with Gasteiger partial charge in [0.05, 0.1) is 11.0 Å². The summed E-state index contributed by atoms with van der Waals surface area (Å²) in [6.45, 7) is 0. The number of aryl methyl sites for hydroxylation is 1. The number of rotatable bonds is 2. The van der Waals surface area contributed by atoms with Gasteiger partial charge in [0.15, 0.2) is 5.69 Å². The Morgan fingerprint density at radius 1 is 1.18 bits per heavy atom. The Kier molecular flexibility index (Phi) is 3.14. The summed E-state index contributed by atoms with van der Waals surface area (Å²) in [7, 11) is 0. The van der Waals surface area contributed by atoms with E-state index in [2.05, 4.69) is 20.4 Å². The minimum Gasteiger partial charge on any atom is -0.360 e. The lowest BCUT2D eigenvalue weighted by atomic mass is 10.1. The lowest BCUT2D eigenvalue weighted by Crippen LogP contribution is -2.15. The third kappa shape index (κ3) is 2.26. The van der Waals surface area contributed by atoms with Gasteiger partial charge in [-0.05, 0) is 31.4 Å². The topological polar surface area (TPSA) is 83.8 Å². The van der Waals surface area contributed by atoms with Crippen LogP contribution in [-0.2, 0) is 12.8 Å². The summed E-state index contributed by atoms with van der Waals surface area (Å²) in [4.78, 5) is 19.9. The minimum atomic E-state index is -0.272. The fourth-order valence-electron chi connectivity index (χ4n) is 2.92. The number of aromatic amines is 1. The van der Waals surface area contributed by atoms with Gasteiger partial charge < -0.3 is 9.51 Å².